The maximum absolute atomic E-state index is 4.63. The number of aromatic nitrogens is 1. The minimum absolute atomic E-state index is 0.753. The maximum atomic E-state index is 4.63. The molecule has 1 aliphatic rings. The zero-order valence-electron chi connectivity index (χ0n) is 12.6. The summed E-state index contributed by atoms with van der Waals surface area (Å²) in [5, 5.41) is 3.40. The monoisotopic (exact) mass is 273 g/mol. The quantitative estimate of drug-likeness (QED) is 0.774. The van der Waals surface area contributed by atoms with Crippen LogP contribution in [-0.2, 0) is 6.42 Å². The molecule has 0 bridgehead atoms. The number of anilines is 1. The van der Waals surface area contributed by atoms with Gasteiger partial charge in [-0.15, -0.1) is 6.58 Å². The highest BCUT2D eigenvalue weighted by atomic mass is 15.2. The highest BCUT2D eigenvalue weighted by Gasteiger charge is 2.15. The first-order valence-corrected chi connectivity index (χ1v) is 7.85. The molecule has 1 N–H and O–H groups in total. The molecule has 3 heteroatoms. The molecule has 1 atom stereocenters. The van der Waals surface area contributed by atoms with Gasteiger partial charge >= 0.3 is 0 Å². The molecule has 0 saturated carbocycles. The molecule has 1 fully saturated rings. The minimum Gasteiger partial charge on any atom is -0.354 e. The van der Waals surface area contributed by atoms with Crippen LogP contribution >= 0.6 is 0 Å². The van der Waals surface area contributed by atoms with Crippen LogP contribution in [0.5, 0.6) is 0 Å². The van der Waals surface area contributed by atoms with Gasteiger partial charge in [-0.3, -0.25) is 0 Å². The third kappa shape index (κ3) is 4.07. The third-order valence-electron chi connectivity index (χ3n) is 4.18. The average Bonchev–Trinajstić information content (AvgIpc) is 2.52. The summed E-state index contributed by atoms with van der Waals surface area (Å²) < 4.78 is 0. The predicted octanol–water partition coefficient (Wildman–Crippen LogP) is 3.03. The molecule has 2 rings (SSSR count). The van der Waals surface area contributed by atoms with Gasteiger partial charge in [-0.1, -0.05) is 25.5 Å². The van der Waals surface area contributed by atoms with Crippen molar-refractivity contribution in [1.82, 2.24) is 10.3 Å². The number of hydrogen-bond acceptors (Lipinski definition) is 3. The van der Waals surface area contributed by atoms with Gasteiger partial charge in [0.15, 0.2) is 0 Å². The third-order valence-corrected chi connectivity index (χ3v) is 4.18. The lowest BCUT2D eigenvalue weighted by Gasteiger charge is -2.30. The van der Waals surface area contributed by atoms with E-state index < -0.39 is 0 Å². The summed E-state index contributed by atoms with van der Waals surface area (Å²) in [5.41, 5.74) is 1.40. The topological polar surface area (TPSA) is 28.2 Å². The van der Waals surface area contributed by atoms with E-state index in [2.05, 4.69) is 46.9 Å². The van der Waals surface area contributed by atoms with Gasteiger partial charge in [0.05, 0.1) is 0 Å². The van der Waals surface area contributed by atoms with Gasteiger partial charge in [-0.05, 0) is 36.8 Å². The first kappa shape index (κ1) is 15.0. The van der Waals surface area contributed by atoms with E-state index >= 15 is 0 Å². The minimum atomic E-state index is 0.753. The van der Waals surface area contributed by atoms with Gasteiger partial charge in [-0.25, -0.2) is 4.98 Å². The number of allylic oxidation sites excluding steroid dienone is 1. The number of hydrogen-bond donors (Lipinski definition) is 1. The van der Waals surface area contributed by atoms with Crippen LogP contribution in [0.2, 0.25) is 0 Å². The SMILES string of the molecule is C=CCC(CC)CCc1cccnc1N1CCNCC1. The Morgan fingerprint density at radius 3 is 2.95 bits per heavy atom. The first-order valence-electron chi connectivity index (χ1n) is 7.85. The fourth-order valence-electron chi connectivity index (χ4n) is 2.87. The van der Waals surface area contributed by atoms with Gasteiger partial charge in [0.1, 0.15) is 5.82 Å². The lowest BCUT2D eigenvalue weighted by Crippen LogP contribution is -2.44. The van der Waals surface area contributed by atoms with Crippen LogP contribution in [-0.4, -0.2) is 31.2 Å². The smallest absolute Gasteiger partial charge is 0.131 e. The Morgan fingerprint density at radius 2 is 2.25 bits per heavy atom. The van der Waals surface area contributed by atoms with Crippen LogP contribution < -0.4 is 10.2 Å². The van der Waals surface area contributed by atoms with E-state index in [4.69, 9.17) is 0 Å². The van der Waals surface area contributed by atoms with Crippen molar-refractivity contribution in [2.24, 2.45) is 5.92 Å². The Bertz CT molecular complexity index is 410. The van der Waals surface area contributed by atoms with E-state index in [0.29, 0.717) is 0 Å². The molecule has 1 aromatic rings. The fraction of sp³-hybridized carbons (Fsp3) is 0.588. The number of pyridine rings is 1. The summed E-state index contributed by atoms with van der Waals surface area (Å²) in [6.45, 7) is 10.4. The molecule has 3 nitrogen and oxygen atoms in total. The van der Waals surface area contributed by atoms with Gasteiger partial charge in [0, 0.05) is 32.4 Å². The van der Waals surface area contributed by atoms with E-state index in [1.54, 1.807) is 0 Å². The number of nitrogens with zero attached hydrogens (tertiary/aromatic N) is 2. The standard InChI is InChI=1S/C17H27N3/c1-3-6-15(4-2)8-9-16-7-5-10-19-17(16)20-13-11-18-12-14-20/h3,5,7,10,15,18H,1,4,6,8-9,11-14H2,2H3. The van der Waals surface area contributed by atoms with Crippen molar-refractivity contribution in [2.45, 2.75) is 32.6 Å². The first-order chi connectivity index (χ1) is 9.85. The maximum Gasteiger partial charge on any atom is 0.131 e. The molecule has 1 unspecified atom stereocenters. The molecular weight excluding hydrogens is 246 g/mol. The van der Waals surface area contributed by atoms with Gasteiger partial charge in [-0.2, -0.15) is 0 Å². The Kier molecular flexibility index (Phi) is 6.06. The van der Waals surface area contributed by atoms with Crippen LogP contribution in [0.3, 0.4) is 0 Å². The largest absolute Gasteiger partial charge is 0.354 e. The zero-order valence-corrected chi connectivity index (χ0v) is 12.6. The number of rotatable bonds is 7. The molecule has 1 saturated heterocycles. The summed E-state index contributed by atoms with van der Waals surface area (Å²) in [6.07, 6.45) is 8.68. The normalized spacial score (nSPS) is 16.9. The summed E-state index contributed by atoms with van der Waals surface area (Å²) in [4.78, 5) is 7.05. The summed E-state index contributed by atoms with van der Waals surface area (Å²) in [7, 11) is 0. The van der Waals surface area contributed by atoms with Crippen LogP contribution in [0, 0.1) is 5.92 Å². The summed E-state index contributed by atoms with van der Waals surface area (Å²) in [5.74, 6) is 1.95. The second kappa shape index (κ2) is 8.05. The predicted molar refractivity (Wildman–Crippen MR) is 86.2 cm³/mol. The van der Waals surface area contributed by atoms with Crippen LogP contribution in [0.4, 0.5) is 5.82 Å². The van der Waals surface area contributed by atoms with E-state index in [1.807, 2.05) is 6.20 Å². The molecule has 0 aromatic carbocycles. The number of aryl methyl sites for hydroxylation is 1. The van der Waals surface area contributed by atoms with E-state index in [0.717, 1.165) is 44.9 Å². The van der Waals surface area contributed by atoms with Crippen molar-refractivity contribution in [2.75, 3.05) is 31.1 Å². The van der Waals surface area contributed by atoms with Gasteiger partial charge in [0.25, 0.3) is 0 Å². The highest BCUT2D eigenvalue weighted by molar-refractivity contribution is 5.47. The van der Waals surface area contributed by atoms with Crippen molar-refractivity contribution in [3.8, 4) is 0 Å². The molecule has 1 aliphatic heterocycles. The molecule has 2 heterocycles. The molecule has 1 aromatic heterocycles. The second-order valence-electron chi connectivity index (χ2n) is 5.56. The lowest BCUT2D eigenvalue weighted by atomic mass is 9.94. The average molecular weight is 273 g/mol. The van der Waals surface area contributed by atoms with E-state index in [1.165, 1.54) is 24.2 Å². The van der Waals surface area contributed by atoms with E-state index in [9.17, 15) is 0 Å². The van der Waals surface area contributed by atoms with Crippen molar-refractivity contribution >= 4 is 5.82 Å². The fourth-order valence-corrected chi connectivity index (χ4v) is 2.87. The number of nitrogens with one attached hydrogen (secondary N) is 1. The van der Waals surface area contributed by atoms with Gasteiger partial charge in [0.2, 0.25) is 0 Å². The molecule has 20 heavy (non-hydrogen) atoms. The molecule has 110 valence electrons. The Morgan fingerprint density at radius 1 is 1.45 bits per heavy atom. The second-order valence-corrected chi connectivity index (χ2v) is 5.56. The molecular formula is C17H27N3. The molecule has 0 radical (unpaired) electrons. The van der Waals surface area contributed by atoms with Crippen molar-refractivity contribution in [3.05, 3.63) is 36.5 Å². The Labute approximate surface area is 123 Å². The van der Waals surface area contributed by atoms with Crippen molar-refractivity contribution < 1.29 is 0 Å². The summed E-state index contributed by atoms with van der Waals surface area (Å²) in [6, 6.07) is 4.31. The van der Waals surface area contributed by atoms with E-state index in [-0.39, 0.29) is 0 Å². The summed E-state index contributed by atoms with van der Waals surface area (Å²) >= 11 is 0. The molecule has 0 amide bonds. The van der Waals surface area contributed by atoms with Crippen LogP contribution in [0.15, 0.2) is 31.0 Å². The van der Waals surface area contributed by atoms with Crippen LogP contribution in [0.25, 0.3) is 0 Å². The van der Waals surface area contributed by atoms with Crippen LogP contribution in [0.1, 0.15) is 31.7 Å². The highest BCUT2D eigenvalue weighted by Crippen LogP contribution is 2.23. The Balaban J connectivity index is 2.01. The molecule has 0 spiro atoms. The number of piperazine rings is 1. The lowest BCUT2D eigenvalue weighted by molar-refractivity contribution is 0.476. The Hall–Kier alpha value is -1.35. The van der Waals surface area contributed by atoms with Gasteiger partial charge < -0.3 is 10.2 Å². The van der Waals surface area contributed by atoms with Crippen molar-refractivity contribution in [3.63, 3.8) is 0 Å². The zero-order chi connectivity index (χ0) is 14.2. The van der Waals surface area contributed by atoms with Crippen molar-refractivity contribution in [1.29, 1.82) is 0 Å². The molecule has 0 aliphatic carbocycles.